The van der Waals surface area contributed by atoms with E-state index in [1.165, 1.54) is 32.7 Å². The van der Waals surface area contributed by atoms with Gasteiger partial charge in [-0.2, -0.15) is 11.8 Å². The van der Waals surface area contributed by atoms with Gasteiger partial charge in [-0.15, -0.1) is 0 Å². The molecule has 2 aromatic rings. The molecule has 1 aromatic heterocycles. The van der Waals surface area contributed by atoms with Crippen molar-refractivity contribution in [3.8, 4) is 5.75 Å². The van der Waals surface area contributed by atoms with Crippen LogP contribution >= 0.6 is 11.8 Å². The van der Waals surface area contributed by atoms with E-state index in [4.69, 9.17) is 15.6 Å². The van der Waals surface area contributed by atoms with Gasteiger partial charge in [0.25, 0.3) is 0 Å². The fourth-order valence-electron chi connectivity index (χ4n) is 11.2. The van der Waals surface area contributed by atoms with E-state index in [9.17, 15) is 68.1 Å². The van der Waals surface area contributed by atoms with Gasteiger partial charge in [0.1, 0.15) is 28.9 Å². The summed E-state index contributed by atoms with van der Waals surface area (Å²) in [7, 11) is -0.996. The number of carboxylic acids is 1. The van der Waals surface area contributed by atoms with Crippen LogP contribution in [0.15, 0.2) is 17.2 Å². The summed E-state index contributed by atoms with van der Waals surface area (Å²) in [5.41, 5.74) is 6.67. The van der Waals surface area contributed by atoms with E-state index in [-0.39, 0.29) is 46.9 Å². The van der Waals surface area contributed by atoms with Crippen LogP contribution in [0.4, 0.5) is 0 Å². The predicted molar refractivity (Wildman–Crippen MR) is 309 cm³/mol. The number of benzene rings is 1. The number of H-pyrrole nitrogens is 1. The first kappa shape index (κ1) is 68.1. The van der Waals surface area contributed by atoms with Crippen molar-refractivity contribution >= 4 is 104 Å². The maximum atomic E-state index is 15.4. The Labute approximate surface area is 503 Å². The first-order chi connectivity index (χ1) is 40.7. The summed E-state index contributed by atoms with van der Waals surface area (Å²) >= 11 is 1.53. The molecular weight excluding hydrogens is 1160 g/mol. The Kier molecular flexibility index (Phi) is 24.6. The van der Waals surface area contributed by atoms with E-state index in [0.717, 1.165) is 4.90 Å². The molecule has 474 valence electrons. The lowest BCUT2D eigenvalue weighted by Crippen LogP contribution is -2.60. The van der Waals surface area contributed by atoms with Crippen molar-refractivity contribution in [2.75, 3.05) is 58.7 Å². The number of nitrogens with one attached hydrogen (secondary N) is 7. The number of aromatic nitrogens is 1. The summed E-state index contributed by atoms with van der Waals surface area (Å²) in [6, 6.07) is -3.73. The molecule has 2 fully saturated rings. The number of primary amides is 1. The molecule has 30 heteroatoms. The number of carbonyl (C=O) groups is 12. The minimum atomic E-state index is -2.43. The molecule has 9 amide bonds. The summed E-state index contributed by atoms with van der Waals surface area (Å²) in [5, 5.41) is 56.5. The number of rotatable bonds is 17. The molecule has 0 aliphatic carbocycles. The van der Waals surface area contributed by atoms with Crippen LogP contribution in [-0.2, 0) is 80.5 Å². The van der Waals surface area contributed by atoms with E-state index >= 15 is 9.00 Å². The molecule has 2 saturated heterocycles. The molecule has 0 saturated carbocycles. The molecule has 4 aliphatic heterocycles. The average Bonchev–Trinajstić information content (AvgIpc) is 1.68. The molecule has 0 spiro atoms. The number of ether oxygens (including phenoxy) is 1. The highest BCUT2D eigenvalue weighted by Gasteiger charge is 2.45. The molecule has 1 aromatic carbocycles. The highest BCUT2D eigenvalue weighted by Crippen LogP contribution is 2.39. The van der Waals surface area contributed by atoms with Crippen molar-refractivity contribution in [3.05, 3.63) is 23.3 Å². The van der Waals surface area contributed by atoms with Gasteiger partial charge in [-0.3, -0.25) is 61.7 Å². The van der Waals surface area contributed by atoms with Gasteiger partial charge in [-0.25, -0.2) is 0 Å². The van der Waals surface area contributed by atoms with Gasteiger partial charge < -0.3 is 77.6 Å². The van der Waals surface area contributed by atoms with Crippen molar-refractivity contribution in [2.24, 2.45) is 35.3 Å². The van der Waals surface area contributed by atoms with Crippen LogP contribution in [0.5, 0.6) is 5.75 Å². The topological polar surface area (TPSA) is 433 Å². The third-order valence-corrected chi connectivity index (χ3v) is 19.3. The molecule has 6 rings (SSSR count). The summed E-state index contributed by atoms with van der Waals surface area (Å²) in [6.07, 6.45) is -4.67. The zero-order valence-corrected chi connectivity index (χ0v) is 50.4. The van der Waals surface area contributed by atoms with Gasteiger partial charge in [0.05, 0.1) is 80.0 Å². The van der Waals surface area contributed by atoms with E-state index in [1.54, 1.807) is 30.9 Å². The van der Waals surface area contributed by atoms with Crippen molar-refractivity contribution in [3.63, 3.8) is 0 Å². The molecule has 0 radical (unpaired) electrons. The third-order valence-electron chi connectivity index (χ3n) is 16.5. The van der Waals surface area contributed by atoms with Gasteiger partial charge in [0.15, 0.2) is 11.6 Å². The van der Waals surface area contributed by atoms with Crippen LogP contribution in [0, 0.1) is 29.6 Å². The minimum Gasteiger partial charge on any atom is -0.496 e. The monoisotopic (exact) mass is 1240 g/mol. The molecule has 2 unspecified atom stereocenters. The highest BCUT2D eigenvalue weighted by molar-refractivity contribution is 7.99. The maximum Gasteiger partial charge on any atom is 0.304 e. The maximum absolute atomic E-state index is 15.4. The molecule has 12 atom stereocenters. The van der Waals surface area contributed by atoms with Gasteiger partial charge in [0, 0.05) is 97.5 Å². The second-order valence-electron chi connectivity index (χ2n) is 22.6. The van der Waals surface area contributed by atoms with Gasteiger partial charge >= 0.3 is 5.97 Å². The molecule has 86 heavy (non-hydrogen) atoms. The Hall–Kier alpha value is -7.02. The zero-order chi connectivity index (χ0) is 63.3. The number of hydrogen-bond donors (Lipinski definition) is 12. The first-order valence-corrected chi connectivity index (χ1v) is 31.1. The number of carbonyl (C=O) groups excluding carboxylic acids is 11. The third kappa shape index (κ3) is 17.6. The number of ketones is 2. The SMILES string of the molecule is CC[C@H](C)[C@@H]1CC(=O)CNC(=O)[C@H]2CC(=O)[C@H]([C@@H](C)[C@@H](O)CO)NC(=O)[C@@H]3C[C@@H](O)CN3C(=O)[C@H](CC(N)=O)NC(=O)[C@H](CS(=O)c3[nH]c4c(CSC5CCN(C(=O)CCNC(=O)C(C)CC(=O)O)CC5)c(OC)ccc4c3C2)NC(=O)CNC1=O. The van der Waals surface area contributed by atoms with E-state index in [1.807, 2.05) is 0 Å². The Balaban J connectivity index is 1.46. The van der Waals surface area contributed by atoms with Crippen molar-refractivity contribution in [1.82, 2.24) is 46.7 Å². The average molecular weight is 1250 g/mol. The quantitative estimate of drug-likeness (QED) is 0.0773. The largest absolute Gasteiger partial charge is 0.496 e. The fourth-order valence-corrected chi connectivity index (χ4v) is 13.8. The second-order valence-corrected chi connectivity index (χ2v) is 25.4. The number of aliphatic hydroxyl groups is 3. The molecule has 28 nitrogen and oxygen atoms in total. The number of fused-ring (bicyclic) bond motifs is 5. The molecular formula is C56H80N10O18S2. The number of nitrogens with zero attached hydrogens (tertiary/aromatic N) is 2. The van der Waals surface area contributed by atoms with Crippen molar-refractivity contribution in [2.45, 2.75) is 144 Å². The standard InChI is InChI=1S/C56H80N10O18S2/c1-6-27(2)35-18-31(68)21-59-51(78)30-16-36-34-7-8-43(84-5)37(25-85-33-10-13-65(14-11-33)46(74)9-12-58-50(77)28(3)15-47(75)76)49(34)64-55(36)86(83)26-39(61-45(73)22-60-52(35)79)53(80)62-38(20-44(57)72)56(82)66-23-32(69)19-40(66)54(81)63-48(41(70)17-30)29(4)42(71)24-67/h7-8,27-30,32-33,35,38-40,42,48,64,67,69,71H,6,9-26H2,1-5H3,(H2,57,72)(H,58,77)(H,59,78)(H,60,79)(H,61,73)(H,62,80)(H,63,81)(H,75,76)/t27-,28?,29-,30+,32+,35-,38-,39-,40-,42-,48-,86?/m0/s1. The number of aromatic amines is 1. The van der Waals surface area contributed by atoms with Gasteiger partial charge in [-0.05, 0) is 42.9 Å². The summed E-state index contributed by atoms with van der Waals surface area (Å²) in [4.78, 5) is 170. The predicted octanol–water partition coefficient (Wildman–Crippen LogP) is -2.59. The lowest BCUT2D eigenvalue weighted by molar-refractivity contribution is -0.144. The van der Waals surface area contributed by atoms with Crippen LogP contribution in [0.25, 0.3) is 10.9 Å². The number of aliphatic carboxylic acids is 1. The number of amides is 9. The van der Waals surface area contributed by atoms with Crippen LogP contribution in [0.3, 0.4) is 0 Å². The zero-order valence-electron chi connectivity index (χ0n) is 48.8. The second kappa shape index (κ2) is 31.1. The van der Waals surface area contributed by atoms with Crippen molar-refractivity contribution < 1.29 is 86.9 Å². The summed E-state index contributed by atoms with van der Waals surface area (Å²) < 4.78 is 21.3. The smallest absolute Gasteiger partial charge is 0.304 e. The normalized spacial score (nSPS) is 26.0. The van der Waals surface area contributed by atoms with Gasteiger partial charge in [-0.1, -0.05) is 34.1 Å². The van der Waals surface area contributed by atoms with E-state index in [0.29, 0.717) is 54.6 Å². The lowest BCUT2D eigenvalue weighted by atomic mass is 9.85. The number of hydrogen-bond acceptors (Lipinski definition) is 18. The lowest BCUT2D eigenvalue weighted by Gasteiger charge is -2.32. The first-order valence-electron chi connectivity index (χ1n) is 28.8. The molecule has 4 aliphatic rings. The number of piperidine rings is 1. The number of nitrogens with two attached hydrogens (primary N) is 1. The number of Topliss-reactive ketones (excluding diaryl/α,β-unsaturated/α-hetero) is 2. The minimum absolute atomic E-state index is 0.00693. The van der Waals surface area contributed by atoms with Crippen LogP contribution in [0.2, 0.25) is 0 Å². The number of likely N-dealkylation sites (tertiary alicyclic amines) is 1. The Morgan fingerprint density at radius 1 is 0.919 bits per heavy atom. The molecule has 13 N–H and O–H groups in total. The number of thioether (sulfide) groups is 1. The highest BCUT2D eigenvalue weighted by atomic mass is 32.2. The summed E-state index contributed by atoms with van der Waals surface area (Å²) in [5.74, 6) is -15.4. The van der Waals surface area contributed by atoms with Crippen molar-refractivity contribution in [1.29, 1.82) is 0 Å². The molecule has 5 heterocycles. The number of carboxylic acid groups (broad SMARTS) is 1. The summed E-state index contributed by atoms with van der Waals surface area (Å²) in [6.45, 7) is 4.35. The Morgan fingerprint density at radius 2 is 1.62 bits per heavy atom. The Bertz CT molecular complexity index is 2930. The van der Waals surface area contributed by atoms with Crippen LogP contribution in [0.1, 0.15) is 96.6 Å². The van der Waals surface area contributed by atoms with E-state index < -0.39 is 206 Å². The Morgan fingerprint density at radius 3 is 2.27 bits per heavy atom. The van der Waals surface area contributed by atoms with Crippen LogP contribution < -0.4 is 42.4 Å². The number of aliphatic hydroxyl groups excluding tert-OH is 3. The van der Waals surface area contributed by atoms with E-state index in [2.05, 4.69) is 36.9 Å². The van der Waals surface area contributed by atoms with Gasteiger partial charge in [0.2, 0.25) is 53.2 Å². The fraction of sp³-hybridized carbons (Fsp3) is 0.643. The van der Waals surface area contributed by atoms with Crippen LogP contribution in [-0.4, -0.2) is 210 Å². The molecule has 2 bridgehead atoms. The number of methoxy groups -OCH3 is 1.